The predicted molar refractivity (Wildman–Crippen MR) is 57.2 cm³/mol. The van der Waals surface area contributed by atoms with Gasteiger partial charge in [0.25, 0.3) is 0 Å². The SMILES string of the molecule is OCc1cc(Cc2ccc(F)cc2)ncn1. The molecule has 1 heterocycles. The Labute approximate surface area is 92.6 Å². The molecule has 0 saturated heterocycles. The first-order valence-corrected chi connectivity index (χ1v) is 4.93. The summed E-state index contributed by atoms with van der Waals surface area (Å²) in [4.78, 5) is 7.98. The summed E-state index contributed by atoms with van der Waals surface area (Å²) >= 11 is 0. The number of rotatable bonds is 3. The maximum atomic E-state index is 12.7. The molecule has 0 aliphatic heterocycles. The minimum atomic E-state index is -0.248. The lowest BCUT2D eigenvalue weighted by atomic mass is 10.1. The fourth-order valence-corrected chi connectivity index (χ4v) is 1.44. The quantitative estimate of drug-likeness (QED) is 0.852. The number of aliphatic hydroxyl groups excluding tert-OH is 1. The van der Waals surface area contributed by atoms with E-state index in [2.05, 4.69) is 9.97 Å². The molecule has 0 amide bonds. The van der Waals surface area contributed by atoms with Gasteiger partial charge in [-0.1, -0.05) is 12.1 Å². The van der Waals surface area contributed by atoms with Gasteiger partial charge < -0.3 is 5.11 Å². The van der Waals surface area contributed by atoms with Crippen LogP contribution in [0.5, 0.6) is 0 Å². The van der Waals surface area contributed by atoms with Crippen LogP contribution in [0.15, 0.2) is 36.7 Å². The Morgan fingerprint density at radius 2 is 1.75 bits per heavy atom. The molecule has 2 aromatic rings. The second-order valence-corrected chi connectivity index (χ2v) is 3.46. The van der Waals surface area contributed by atoms with Crippen molar-refractivity contribution in [1.82, 2.24) is 9.97 Å². The first-order chi connectivity index (χ1) is 7.78. The molecule has 16 heavy (non-hydrogen) atoms. The van der Waals surface area contributed by atoms with E-state index < -0.39 is 0 Å². The first-order valence-electron chi connectivity index (χ1n) is 4.93. The highest BCUT2D eigenvalue weighted by Gasteiger charge is 2.00. The minimum Gasteiger partial charge on any atom is -0.390 e. The molecule has 0 aliphatic carbocycles. The van der Waals surface area contributed by atoms with Gasteiger partial charge in [-0.2, -0.15) is 0 Å². The van der Waals surface area contributed by atoms with E-state index in [0.29, 0.717) is 12.1 Å². The highest BCUT2D eigenvalue weighted by molar-refractivity contribution is 5.22. The van der Waals surface area contributed by atoms with E-state index in [1.807, 2.05) is 0 Å². The number of benzene rings is 1. The van der Waals surface area contributed by atoms with Crippen LogP contribution in [-0.2, 0) is 13.0 Å². The molecule has 1 N–H and O–H groups in total. The maximum Gasteiger partial charge on any atom is 0.123 e. The van der Waals surface area contributed by atoms with Crippen LogP contribution < -0.4 is 0 Å². The van der Waals surface area contributed by atoms with Gasteiger partial charge in [-0.05, 0) is 23.8 Å². The fraction of sp³-hybridized carbons (Fsp3) is 0.167. The lowest BCUT2D eigenvalue weighted by Gasteiger charge is -2.02. The molecule has 4 heteroatoms. The summed E-state index contributed by atoms with van der Waals surface area (Å²) in [5.74, 6) is -0.248. The molecule has 3 nitrogen and oxygen atoms in total. The second-order valence-electron chi connectivity index (χ2n) is 3.46. The standard InChI is InChI=1S/C12H11FN2O/c13-10-3-1-9(2-4-10)5-11-6-12(7-16)15-8-14-11/h1-4,6,8,16H,5,7H2. The van der Waals surface area contributed by atoms with Gasteiger partial charge in [0.1, 0.15) is 12.1 Å². The van der Waals surface area contributed by atoms with Gasteiger partial charge in [-0.15, -0.1) is 0 Å². The summed E-state index contributed by atoms with van der Waals surface area (Å²) in [5.41, 5.74) is 2.38. The monoisotopic (exact) mass is 218 g/mol. The van der Waals surface area contributed by atoms with Crippen LogP contribution in [0.1, 0.15) is 17.0 Å². The van der Waals surface area contributed by atoms with Crippen LogP contribution in [0.25, 0.3) is 0 Å². The van der Waals surface area contributed by atoms with Crippen LogP contribution in [-0.4, -0.2) is 15.1 Å². The van der Waals surface area contributed by atoms with E-state index in [1.165, 1.54) is 18.5 Å². The van der Waals surface area contributed by atoms with E-state index in [1.54, 1.807) is 18.2 Å². The molecule has 0 aliphatic rings. The van der Waals surface area contributed by atoms with Gasteiger partial charge in [-0.25, -0.2) is 14.4 Å². The number of aromatic nitrogens is 2. The van der Waals surface area contributed by atoms with Gasteiger partial charge >= 0.3 is 0 Å². The lowest BCUT2D eigenvalue weighted by molar-refractivity contribution is 0.276. The van der Waals surface area contributed by atoms with Gasteiger partial charge in [0.05, 0.1) is 12.3 Å². The lowest BCUT2D eigenvalue weighted by Crippen LogP contribution is -1.97. The third-order valence-electron chi connectivity index (χ3n) is 2.24. The first kappa shape index (κ1) is 10.7. The minimum absolute atomic E-state index is 0.0983. The Balaban J connectivity index is 2.16. The normalized spacial score (nSPS) is 10.4. The van der Waals surface area contributed by atoms with Crippen molar-refractivity contribution in [3.8, 4) is 0 Å². The maximum absolute atomic E-state index is 12.7. The van der Waals surface area contributed by atoms with Crippen LogP contribution in [0, 0.1) is 5.82 Å². The van der Waals surface area contributed by atoms with Crippen LogP contribution in [0.2, 0.25) is 0 Å². The average Bonchev–Trinajstić information content (AvgIpc) is 2.32. The summed E-state index contributed by atoms with van der Waals surface area (Å²) in [5, 5.41) is 8.92. The zero-order valence-corrected chi connectivity index (χ0v) is 8.60. The molecule has 0 atom stereocenters. The molecule has 0 saturated carbocycles. The predicted octanol–water partition coefficient (Wildman–Crippen LogP) is 1.70. The number of hydrogen-bond donors (Lipinski definition) is 1. The molecular formula is C12H11FN2O. The van der Waals surface area contributed by atoms with Crippen molar-refractivity contribution >= 4 is 0 Å². The van der Waals surface area contributed by atoms with Crippen molar-refractivity contribution in [2.24, 2.45) is 0 Å². The van der Waals surface area contributed by atoms with Gasteiger partial charge in [0.2, 0.25) is 0 Å². The van der Waals surface area contributed by atoms with E-state index in [-0.39, 0.29) is 12.4 Å². The Bertz CT molecular complexity index is 471. The van der Waals surface area contributed by atoms with Crippen molar-refractivity contribution in [2.45, 2.75) is 13.0 Å². The van der Waals surface area contributed by atoms with Crippen LogP contribution in [0.3, 0.4) is 0 Å². The smallest absolute Gasteiger partial charge is 0.123 e. The largest absolute Gasteiger partial charge is 0.390 e. The van der Waals surface area contributed by atoms with Crippen molar-refractivity contribution in [3.63, 3.8) is 0 Å². The number of aliphatic hydroxyl groups is 1. The van der Waals surface area contributed by atoms with E-state index in [0.717, 1.165) is 11.3 Å². The third-order valence-corrected chi connectivity index (χ3v) is 2.24. The molecule has 0 radical (unpaired) electrons. The van der Waals surface area contributed by atoms with E-state index >= 15 is 0 Å². The molecule has 0 spiro atoms. The molecule has 2 rings (SSSR count). The highest BCUT2D eigenvalue weighted by atomic mass is 19.1. The summed E-state index contributed by atoms with van der Waals surface area (Å²) < 4.78 is 12.7. The van der Waals surface area contributed by atoms with Crippen molar-refractivity contribution < 1.29 is 9.50 Å². The Kier molecular flexibility index (Phi) is 3.22. The Morgan fingerprint density at radius 3 is 2.44 bits per heavy atom. The number of nitrogens with zero attached hydrogens (tertiary/aromatic N) is 2. The van der Waals surface area contributed by atoms with Gasteiger partial charge in [-0.3, -0.25) is 0 Å². The van der Waals surface area contributed by atoms with Crippen molar-refractivity contribution in [2.75, 3.05) is 0 Å². The zero-order chi connectivity index (χ0) is 11.4. The molecule has 82 valence electrons. The summed E-state index contributed by atoms with van der Waals surface area (Å²) in [6.07, 6.45) is 2.03. The molecule has 1 aromatic carbocycles. The molecule has 0 unspecified atom stereocenters. The summed E-state index contributed by atoms with van der Waals surface area (Å²) in [7, 11) is 0. The molecular weight excluding hydrogens is 207 g/mol. The molecule has 0 bridgehead atoms. The van der Waals surface area contributed by atoms with E-state index in [4.69, 9.17) is 5.11 Å². The summed E-state index contributed by atoms with van der Waals surface area (Å²) in [6, 6.07) is 8.02. The van der Waals surface area contributed by atoms with Gasteiger partial charge in [0.15, 0.2) is 0 Å². The second kappa shape index (κ2) is 4.81. The van der Waals surface area contributed by atoms with Gasteiger partial charge in [0, 0.05) is 12.1 Å². The van der Waals surface area contributed by atoms with Crippen molar-refractivity contribution in [3.05, 3.63) is 59.4 Å². The number of hydrogen-bond acceptors (Lipinski definition) is 3. The highest BCUT2D eigenvalue weighted by Crippen LogP contribution is 2.09. The number of halogens is 1. The molecule has 1 aromatic heterocycles. The van der Waals surface area contributed by atoms with Crippen molar-refractivity contribution in [1.29, 1.82) is 0 Å². The average molecular weight is 218 g/mol. The summed E-state index contributed by atoms with van der Waals surface area (Å²) in [6.45, 7) is -0.0983. The third kappa shape index (κ3) is 2.61. The zero-order valence-electron chi connectivity index (χ0n) is 8.60. The Morgan fingerprint density at radius 1 is 1.06 bits per heavy atom. The Hall–Kier alpha value is -1.81. The van der Waals surface area contributed by atoms with Crippen LogP contribution in [0.4, 0.5) is 4.39 Å². The fourth-order valence-electron chi connectivity index (χ4n) is 1.44. The topological polar surface area (TPSA) is 46.0 Å². The molecule has 0 fully saturated rings. The van der Waals surface area contributed by atoms with Crippen LogP contribution >= 0.6 is 0 Å². The van der Waals surface area contributed by atoms with E-state index in [9.17, 15) is 4.39 Å².